The highest BCUT2D eigenvalue weighted by atomic mass is 35.5. The van der Waals surface area contributed by atoms with Crippen LogP contribution in [-0.2, 0) is 14.2 Å². The maximum atomic E-state index is 6.43. The minimum Gasteiger partial charge on any atom is -1.00 e. The number of ether oxygens (including phenoxy) is 3. The quantitative estimate of drug-likeness (QED) is 0.0616. The lowest BCUT2D eigenvalue weighted by Crippen LogP contribution is -3.00. The maximum absolute atomic E-state index is 6.43. The monoisotopic (exact) mass is 604 g/mol. The Hall–Kier alpha value is 0.130. The molecule has 0 aromatic rings. The number of likely N-dealkylation sites (N-methyl/N-ethyl adjacent to an activating group) is 1. The van der Waals surface area contributed by atoms with E-state index >= 15 is 0 Å². The van der Waals surface area contributed by atoms with Gasteiger partial charge in [-0.1, -0.05) is 155 Å². The smallest absolute Gasteiger partial charge is 0.130 e. The minimum absolute atomic E-state index is 0. The first kappa shape index (κ1) is 41.1. The molecule has 0 aromatic carbocycles. The van der Waals surface area contributed by atoms with Gasteiger partial charge in [-0.15, -0.1) is 0 Å². The van der Waals surface area contributed by atoms with Gasteiger partial charge in [-0.25, -0.2) is 0 Å². The van der Waals surface area contributed by atoms with Gasteiger partial charge in [0.05, 0.1) is 26.9 Å². The van der Waals surface area contributed by atoms with Crippen LogP contribution >= 0.6 is 0 Å². The molecule has 0 bridgehead atoms. The highest BCUT2D eigenvalue weighted by molar-refractivity contribution is 4.60. The van der Waals surface area contributed by atoms with Crippen LogP contribution in [0.5, 0.6) is 0 Å². The van der Waals surface area contributed by atoms with Crippen molar-refractivity contribution in [1.82, 2.24) is 0 Å². The van der Waals surface area contributed by atoms with Crippen molar-refractivity contribution in [3.05, 3.63) is 0 Å². The Morgan fingerprint density at radius 3 is 1.32 bits per heavy atom. The van der Waals surface area contributed by atoms with Crippen LogP contribution in [0.3, 0.4) is 0 Å². The molecule has 1 rings (SSSR count). The Labute approximate surface area is 264 Å². The summed E-state index contributed by atoms with van der Waals surface area (Å²) in [5, 5.41) is 0. The van der Waals surface area contributed by atoms with Crippen LogP contribution in [0.15, 0.2) is 0 Å². The molecule has 0 radical (unpaired) electrons. The van der Waals surface area contributed by atoms with E-state index in [1.807, 2.05) is 0 Å². The van der Waals surface area contributed by atoms with Gasteiger partial charge in [0.2, 0.25) is 0 Å². The van der Waals surface area contributed by atoms with Crippen molar-refractivity contribution in [2.45, 2.75) is 174 Å². The number of quaternary nitrogens is 1. The first-order valence-corrected chi connectivity index (χ1v) is 18.3. The normalized spacial score (nSPS) is 15.6. The van der Waals surface area contributed by atoms with Crippen LogP contribution in [0.4, 0.5) is 0 Å². The third-order valence-electron chi connectivity index (χ3n) is 8.99. The lowest BCUT2D eigenvalue weighted by molar-refractivity contribution is -0.919. The molecule has 0 N–H and O–H groups in total. The van der Waals surface area contributed by atoms with Crippen molar-refractivity contribution in [2.24, 2.45) is 0 Å². The van der Waals surface area contributed by atoms with E-state index in [1.54, 1.807) is 0 Å². The Bertz CT molecular complexity index is 501. The average Bonchev–Trinajstić information content (AvgIpc) is 2.95. The van der Waals surface area contributed by atoms with Crippen molar-refractivity contribution in [3.8, 4) is 0 Å². The fourth-order valence-corrected chi connectivity index (χ4v) is 6.06. The largest absolute Gasteiger partial charge is 1.00 e. The van der Waals surface area contributed by atoms with Crippen LogP contribution < -0.4 is 12.4 Å². The molecule has 248 valence electrons. The number of rotatable bonds is 31. The number of halogens is 1. The van der Waals surface area contributed by atoms with Crippen LogP contribution in [0.25, 0.3) is 0 Å². The summed E-state index contributed by atoms with van der Waals surface area (Å²) in [5.41, 5.74) is 0. The van der Waals surface area contributed by atoms with Gasteiger partial charge in [-0.05, 0) is 12.8 Å². The zero-order valence-electron chi connectivity index (χ0n) is 28.3. The van der Waals surface area contributed by atoms with Crippen molar-refractivity contribution in [2.75, 3.05) is 59.7 Å². The van der Waals surface area contributed by atoms with E-state index < -0.39 is 0 Å². The van der Waals surface area contributed by atoms with Gasteiger partial charge >= 0.3 is 0 Å². The Balaban J connectivity index is 0.0000160. The van der Waals surface area contributed by atoms with Gasteiger partial charge < -0.3 is 31.1 Å². The van der Waals surface area contributed by atoms with Crippen LogP contribution in [0.2, 0.25) is 0 Å². The standard InChI is InChI=1S/C36H74NO3.ClH/c1-4-6-8-10-12-14-16-18-20-22-24-26-30-39-35-36(34-37(3)28-32-38-33-29-37)40-31-27-25-23-21-19-17-15-13-11-9-7-5-2;/h36H,4-35H2,1-3H3;1H/q+1;/p-1. The molecule has 4 nitrogen and oxygen atoms in total. The summed E-state index contributed by atoms with van der Waals surface area (Å²) in [6.07, 6.45) is 33.5. The summed E-state index contributed by atoms with van der Waals surface area (Å²) < 4.78 is 19.3. The summed E-state index contributed by atoms with van der Waals surface area (Å²) in [4.78, 5) is 0. The summed E-state index contributed by atoms with van der Waals surface area (Å²) >= 11 is 0. The van der Waals surface area contributed by atoms with Gasteiger partial charge in [0.15, 0.2) is 0 Å². The number of unbranched alkanes of at least 4 members (excludes halogenated alkanes) is 22. The SMILES string of the molecule is CCCCCCCCCCCCCCOCC(C[N+]1(C)CCOCC1)OCCCCCCCCCCCCCC.[Cl-]. The van der Waals surface area contributed by atoms with Gasteiger partial charge in [0.25, 0.3) is 0 Å². The minimum atomic E-state index is 0. The van der Waals surface area contributed by atoms with Crippen LogP contribution in [0, 0.1) is 0 Å². The summed E-state index contributed by atoms with van der Waals surface area (Å²) in [6, 6.07) is 0. The summed E-state index contributed by atoms with van der Waals surface area (Å²) in [5.74, 6) is 0. The molecule has 1 fully saturated rings. The van der Waals surface area contributed by atoms with E-state index in [2.05, 4.69) is 20.9 Å². The molecule has 0 saturated carbocycles. The topological polar surface area (TPSA) is 27.7 Å². The molecule has 1 atom stereocenters. The molecule has 1 unspecified atom stereocenters. The first-order chi connectivity index (χ1) is 19.7. The van der Waals surface area contributed by atoms with E-state index in [4.69, 9.17) is 14.2 Å². The molecule has 0 aliphatic carbocycles. The number of hydrogen-bond donors (Lipinski definition) is 0. The number of hydrogen-bond acceptors (Lipinski definition) is 3. The van der Waals surface area contributed by atoms with E-state index in [-0.39, 0.29) is 18.5 Å². The molecule has 1 aliphatic rings. The van der Waals surface area contributed by atoms with Crippen molar-refractivity contribution in [3.63, 3.8) is 0 Å². The van der Waals surface area contributed by atoms with Crippen molar-refractivity contribution in [1.29, 1.82) is 0 Å². The van der Waals surface area contributed by atoms with E-state index in [1.165, 1.54) is 154 Å². The molecular formula is C36H74ClNO3. The summed E-state index contributed by atoms with van der Waals surface area (Å²) in [6.45, 7) is 12.1. The number of morpholine rings is 1. The molecule has 41 heavy (non-hydrogen) atoms. The van der Waals surface area contributed by atoms with Crippen LogP contribution in [-0.4, -0.2) is 70.3 Å². The van der Waals surface area contributed by atoms with Gasteiger partial charge in [-0.3, -0.25) is 0 Å². The van der Waals surface area contributed by atoms with Crippen molar-refractivity contribution < 1.29 is 31.1 Å². The average molecular weight is 604 g/mol. The zero-order chi connectivity index (χ0) is 28.8. The van der Waals surface area contributed by atoms with E-state index in [0.717, 1.165) is 57.2 Å². The van der Waals surface area contributed by atoms with Gasteiger partial charge in [0, 0.05) is 13.2 Å². The van der Waals surface area contributed by atoms with Gasteiger partial charge in [-0.2, -0.15) is 0 Å². The van der Waals surface area contributed by atoms with Gasteiger partial charge in [0.1, 0.15) is 25.7 Å². The molecule has 5 heteroatoms. The second-order valence-electron chi connectivity index (χ2n) is 13.2. The van der Waals surface area contributed by atoms with Crippen molar-refractivity contribution >= 4 is 0 Å². The second kappa shape index (κ2) is 31.6. The fourth-order valence-electron chi connectivity index (χ4n) is 6.06. The van der Waals surface area contributed by atoms with E-state index in [0.29, 0.717) is 0 Å². The van der Waals surface area contributed by atoms with Crippen LogP contribution in [0.1, 0.15) is 168 Å². The van der Waals surface area contributed by atoms with E-state index in [9.17, 15) is 0 Å². The Morgan fingerprint density at radius 1 is 0.537 bits per heavy atom. The fraction of sp³-hybridized carbons (Fsp3) is 1.00. The molecule has 1 saturated heterocycles. The molecule has 0 aromatic heterocycles. The molecule has 1 heterocycles. The number of nitrogens with zero attached hydrogens (tertiary/aromatic N) is 1. The predicted octanol–water partition coefficient (Wildman–Crippen LogP) is 7.27. The Morgan fingerprint density at radius 2 is 0.902 bits per heavy atom. The third kappa shape index (κ3) is 27.4. The second-order valence-corrected chi connectivity index (χ2v) is 13.2. The molecule has 0 amide bonds. The summed E-state index contributed by atoms with van der Waals surface area (Å²) in [7, 11) is 2.37. The lowest BCUT2D eigenvalue weighted by Gasteiger charge is -2.39. The highest BCUT2D eigenvalue weighted by Gasteiger charge is 2.29. The molecule has 1 aliphatic heterocycles. The Kier molecular flexibility index (Phi) is 31.7. The third-order valence-corrected chi connectivity index (χ3v) is 8.99. The lowest BCUT2D eigenvalue weighted by atomic mass is 10.1. The zero-order valence-corrected chi connectivity index (χ0v) is 29.0. The maximum Gasteiger partial charge on any atom is 0.130 e. The predicted molar refractivity (Wildman–Crippen MR) is 174 cm³/mol. The molecule has 0 spiro atoms. The first-order valence-electron chi connectivity index (χ1n) is 18.3. The highest BCUT2D eigenvalue weighted by Crippen LogP contribution is 2.15. The molecular weight excluding hydrogens is 530 g/mol.